The van der Waals surface area contributed by atoms with Crippen LogP contribution in [0.1, 0.15) is 91.9 Å². The van der Waals surface area contributed by atoms with Crippen LogP contribution in [0.4, 0.5) is 0 Å². The predicted molar refractivity (Wildman–Crippen MR) is 404 cm³/mol. The van der Waals surface area contributed by atoms with Crippen LogP contribution in [0.15, 0.2) is 0 Å². The fraction of sp³-hybridized carbons (Fsp3) is 1.00. The van der Waals surface area contributed by atoms with Crippen LogP contribution in [-0.4, -0.2) is 258 Å². The summed E-state index contributed by atoms with van der Waals surface area (Å²) in [6, 6.07) is 9.21. The molecule has 0 radical (unpaired) electrons. The molecule has 9 saturated heterocycles. The largest absolute Gasteiger partial charge is 0.416 e. The SMILES string of the molecule is CCC[Si]1(C)O[Si](C)(CCC)O[Si](C)(CCCOCC2CO2)O[Si](C)(CCCOCC2CO2)O1.CCC[Si]1(C)O[Si](C)(CCCOCC2CO2)O[Si](C)(CCC)O[Si](C)(CCCOCC2CO2)O1.C[Si]1(C)O[Si](C)(CCCOCC2CO2)O[Si](C)(C)O[Si](C)(CCCOCC2CO2)O1. The zero-order chi connectivity index (χ0) is 71.3. The van der Waals surface area contributed by atoms with Gasteiger partial charge in [0, 0.05) is 39.6 Å². The zero-order valence-corrected chi connectivity index (χ0v) is 76.1. The van der Waals surface area contributed by atoms with Crippen molar-refractivity contribution in [3.05, 3.63) is 0 Å². The van der Waals surface area contributed by atoms with E-state index in [1.165, 1.54) is 0 Å². The predicted octanol–water partition coefficient (Wildman–Crippen LogP) is 12.8. The van der Waals surface area contributed by atoms with Crippen LogP contribution in [0.5, 0.6) is 0 Å². The van der Waals surface area contributed by atoms with E-state index in [4.69, 9.17) is 106 Å². The maximum atomic E-state index is 7.09. The van der Waals surface area contributed by atoms with E-state index in [0.717, 1.165) is 164 Å². The molecule has 0 aromatic heterocycles. The highest BCUT2D eigenvalue weighted by molar-refractivity contribution is 6.96. The van der Waals surface area contributed by atoms with Crippen molar-refractivity contribution in [1.82, 2.24) is 0 Å². The Hall–Kier alpha value is 1.64. The average Bonchev–Trinajstić information content (AvgIpc) is 1.17. The summed E-state index contributed by atoms with van der Waals surface area (Å²) in [6.45, 7) is 52.8. The third-order valence-corrected chi connectivity index (χ3v) is 73.5. The van der Waals surface area contributed by atoms with Gasteiger partial charge in [-0.1, -0.05) is 53.4 Å². The molecule has 576 valence electrons. The fourth-order valence-electron chi connectivity index (χ4n) is 14.1. The lowest BCUT2D eigenvalue weighted by Crippen LogP contribution is -2.67. The highest BCUT2D eigenvalue weighted by Gasteiger charge is 2.59. The van der Waals surface area contributed by atoms with Gasteiger partial charge in [-0.25, -0.2) is 0 Å². The lowest BCUT2D eigenvalue weighted by atomic mass is 10.5. The molecule has 0 bridgehead atoms. The van der Waals surface area contributed by atoms with Crippen LogP contribution in [0.2, 0.25) is 152 Å². The molecule has 0 N–H and O–H groups in total. The van der Waals surface area contributed by atoms with E-state index in [2.05, 4.69) is 119 Å². The molecule has 0 aromatic carbocycles. The van der Waals surface area contributed by atoms with Crippen molar-refractivity contribution in [1.29, 1.82) is 0 Å². The van der Waals surface area contributed by atoms with Crippen LogP contribution in [-0.2, 0) is 106 Å². The van der Waals surface area contributed by atoms with Crippen molar-refractivity contribution in [3.8, 4) is 0 Å². The summed E-state index contributed by atoms with van der Waals surface area (Å²) in [6.07, 6.45) is 11.5. The van der Waals surface area contributed by atoms with E-state index < -0.39 is 103 Å². The minimum atomic E-state index is -2.53. The van der Waals surface area contributed by atoms with Crippen LogP contribution < -0.4 is 0 Å². The minimum Gasteiger partial charge on any atom is -0.416 e. The van der Waals surface area contributed by atoms with Crippen molar-refractivity contribution in [2.24, 2.45) is 0 Å². The van der Waals surface area contributed by atoms with Crippen LogP contribution in [0.25, 0.3) is 0 Å². The van der Waals surface area contributed by atoms with Gasteiger partial charge in [-0.05, 0) is 191 Å². The lowest BCUT2D eigenvalue weighted by molar-refractivity contribution is 0.113. The van der Waals surface area contributed by atoms with Crippen molar-refractivity contribution in [2.45, 2.75) is 281 Å². The zero-order valence-electron chi connectivity index (χ0n) is 64.1. The molecule has 9 aliphatic heterocycles. The van der Waals surface area contributed by atoms with E-state index in [1.807, 2.05) is 0 Å². The van der Waals surface area contributed by atoms with E-state index in [0.29, 0.717) is 116 Å². The topological polar surface area (TPSA) is 241 Å². The Balaban J connectivity index is 0.000000207. The van der Waals surface area contributed by atoms with Gasteiger partial charge in [0.1, 0.15) is 36.6 Å². The molecule has 0 spiro atoms. The highest BCUT2D eigenvalue weighted by atomic mass is 28.5. The minimum absolute atomic E-state index is 0.300. The van der Waals surface area contributed by atoms with Crippen LogP contribution >= 0.6 is 0 Å². The average molecular weight is 1600 g/mol. The summed E-state index contributed by atoms with van der Waals surface area (Å²) in [4.78, 5) is 0. The number of ether oxygens (including phenoxy) is 12. The Morgan fingerprint density at radius 2 is 0.347 bits per heavy atom. The summed E-state index contributed by atoms with van der Waals surface area (Å²) in [5.74, 6) is 0. The molecule has 0 aromatic rings. The molecule has 24 nitrogen and oxygen atoms in total. The Kier molecular flexibility index (Phi) is 35.3. The van der Waals surface area contributed by atoms with Gasteiger partial charge in [0.05, 0.1) is 79.3 Å². The number of hydrogen-bond donors (Lipinski definition) is 0. The first-order chi connectivity index (χ1) is 46.2. The van der Waals surface area contributed by atoms with E-state index in [9.17, 15) is 0 Å². The fourth-order valence-corrected chi connectivity index (χ4v) is 83.0. The van der Waals surface area contributed by atoms with E-state index in [-0.39, 0.29) is 0 Å². The van der Waals surface area contributed by atoms with E-state index in [1.54, 1.807) is 0 Å². The molecule has 10 atom stereocenters. The molecule has 0 aliphatic carbocycles. The number of hydrogen-bond acceptors (Lipinski definition) is 24. The first-order valence-electron chi connectivity index (χ1n) is 37.8. The van der Waals surface area contributed by atoms with Gasteiger partial charge in [0.2, 0.25) is 0 Å². The third kappa shape index (κ3) is 34.9. The van der Waals surface area contributed by atoms with Gasteiger partial charge in [0.25, 0.3) is 0 Å². The third-order valence-electron chi connectivity index (χ3n) is 17.9. The van der Waals surface area contributed by atoms with Crippen LogP contribution in [0, 0.1) is 0 Å². The van der Waals surface area contributed by atoms with Crippen molar-refractivity contribution < 1.29 is 106 Å². The molecule has 9 fully saturated rings. The molecule has 9 aliphatic rings. The maximum Gasteiger partial charge on any atom is 0.317 e. The van der Waals surface area contributed by atoms with Gasteiger partial charge < -0.3 is 106 Å². The van der Waals surface area contributed by atoms with Gasteiger partial charge in [-0.3, -0.25) is 0 Å². The lowest BCUT2D eigenvalue weighted by Gasteiger charge is -2.50. The molecular formula is C62H136O24Si12. The first-order valence-corrected chi connectivity index (χ1v) is 68.6. The summed E-state index contributed by atoms with van der Waals surface area (Å²) < 4.78 is 149. The Labute approximate surface area is 604 Å². The molecule has 0 saturated carbocycles. The maximum absolute atomic E-state index is 7.09. The Morgan fingerprint density at radius 3 is 0.480 bits per heavy atom. The molecule has 0 amide bonds. The van der Waals surface area contributed by atoms with Crippen molar-refractivity contribution >= 4 is 103 Å². The van der Waals surface area contributed by atoms with Crippen molar-refractivity contribution in [3.63, 3.8) is 0 Å². The van der Waals surface area contributed by atoms with Crippen LogP contribution in [0.3, 0.4) is 0 Å². The smallest absolute Gasteiger partial charge is 0.317 e. The molecule has 98 heavy (non-hydrogen) atoms. The monoisotopic (exact) mass is 1600 g/mol. The summed E-state index contributed by atoms with van der Waals surface area (Å²) >= 11 is 0. The second kappa shape index (κ2) is 39.8. The summed E-state index contributed by atoms with van der Waals surface area (Å²) in [5, 5.41) is 0. The quantitative estimate of drug-likeness (QED) is 0.0313. The first kappa shape index (κ1) is 86.9. The van der Waals surface area contributed by atoms with Gasteiger partial charge in [0.15, 0.2) is 0 Å². The summed E-state index contributed by atoms with van der Waals surface area (Å²) in [7, 11) is -29.4. The van der Waals surface area contributed by atoms with Gasteiger partial charge in [-0.2, -0.15) is 0 Å². The molecule has 9 heterocycles. The number of epoxide rings is 6. The molecule has 9 rings (SSSR count). The Bertz CT molecular complexity index is 2110. The highest BCUT2D eigenvalue weighted by Crippen LogP contribution is 2.42. The van der Waals surface area contributed by atoms with E-state index >= 15 is 0 Å². The summed E-state index contributed by atoms with van der Waals surface area (Å²) in [5.41, 5.74) is 0. The van der Waals surface area contributed by atoms with Gasteiger partial charge in [-0.15, -0.1) is 0 Å². The Morgan fingerprint density at radius 1 is 0.214 bits per heavy atom. The molecule has 36 heteroatoms. The standard InChI is InChI=1S/2C22H48O8Si4.C18H40O8Si4/c1-7-13-31(3)27-33(5,15-9-11-23-17-21-19-25-21)29-32(4,14-8-2)30-34(6,28-31)16-10-12-24-18-22-20-26-22;1-7-13-31(3)27-32(4,14-8-2)29-34(6,16-10-12-24-18-22-20-26-22)30-33(5,28-31)15-9-11-23-17-21-19-25-21;1-27(2)23-29(5,11-7-9-19-13-17-15-21-17)25-28(3,4)26-30(6,24-27)12-8-10-20-14-18-16-22-18/h2*21-22H,7-20H2,1-6H3;17-18H,7-16H2,1-6H3. The second-order valence-corrected chi connectivity index (χ2v) is 74.2. The van der Waals surface area contributed by atoms with Gasteiger partial charge >= 0.3 is 103 Å². The molecule has 10 unspecified atom stereocenters. The molecular weight excluding hydrogens is 1470 g/mol. The van der Waals surface area contributed by atoms with Crippen molar-refractivity contribution in [2.75, 3.05) is 119 Å². The second-order valence-electron chi connectivity index (χ2n) is 31.2. The number of rotatable bonds is 44. The normalized spacial score (nSPS) is 39.2.